The molecule has 4 aromatic rings. The lowest BCUT2D eigenvalue weighted by Gasteiger charge is -2.08. The van der Waals surface area contributed by atoms with Crippen LogP contribution in [0.5, 0.6) is 0 Å². The van der Waals surface area contributed by atoms with E-state index in [1.807, 2.05) is 36.5 Å². The van der Waals surface area contributed by atoms with Crippen LogP contribution in [0.25, 0.3) is 16.7 Å². The van der Waals surface area contributed by atoms with Gasteiger partial charge in [0.05, 0.1) is 10.6 Å². The summed E-state index contributed by atoms with van der Waals surface area (Å²) in [6, 6.07) is 16.4. The van der Waals surface area contributed by atoms with E-state index < -0.39 is 15.6 Å². The minimum atomic E-state index is -3.70. The number of aromatic nitrogens is 2. The number of hydrogen-bond donors (Lipinski definition) is 1. The van der Waals surface area contributed by atoms with Crippen LogP contribution in [0.2, 0.25) is 0 Å². The molecule has 0 radical (unpaired) electrons. The van der Waals surface area contributed by atoms with Crippen molar-refractivity contribution < 1.29 is 12.8 Å². The fourth-order valence-electron chi connectivity index (χ4n) is 2.67. The van der Waals surface area contributed by atoms with E-state index >= 15 is 0 Å². The molecule has 7 nitrogen and oxygen atoms in total. The van der Waals surface area contributed by atoms with Crippen LogP contribution >= 0.6 is 0 Å². The van der Waals surface area contributed by atoms with Crippen LogP contribution < -0.4 is 10.3 Å². The Morgan fingerprint density at radius 2 is 1.85 bits per heavy atom. The zero-order chi connectivity index (χ0) is 18.9. The van der Waals surface area contributed by atoms with Gasteiger partial charge < -0.3 is 4.42 Å². The van der Waals surface area contributed by atoms with Gasteiger partial charge in [0.2, 0.25) is 10.0 Å². The van der Waals surface area contributed by atoms with Crippen molar-refractivity contribution in [3.8, 4) is 5.69 Å². The van der Waals surface area contributed by atoms with Gasteiger partial charge in [-0.15, -0.1) is 0 Å². The van der Waals surface area contributed by atoms with Crippen LogP contribution in [0.1, 0.15) is 5.56 Å². The molecule has 27 heavy (non-hydrogen) atoms. The highest BCUT2D eigenvalue weighted by molar-refractivity contribution is 7.89. The molecular weight excluding hydrogens is 366 g/mol. The average molecular weight is 381 g/mol. The zero-order valence-corrected chi connectivity index (χ0v) is 14.9. The molecule has 2 heterocycles. The summed E-state index contributed by atoms with van der Waals surface area (Å²) in [6.07, 6.45) is 3.52. The number of hydrogen-bond acceptors (Lipinski definition) is 5. The fraction of sp³-hybridized carbons (Fsp3) is 0.0526. The van der Waals surface area contributed by atoms with Gasteiger partial charge in [0, 0.05) is 30.4 Å². The summed E-state index contributed by atoms with van der Waals surface area (Å²) in [5, 5.41) is 4.69. The van der Waals surface area contributed by atoms with Gasteiger partial charge in [-0.1, -0.05) is 12.1 Å². The summed E-state index contributed by atoms with van der Waals surface area (Å²) in [5.74, 6) is 0. The Kier molecular flexibility index (Phi) is 4.35. The van der Waals surface area contributed by atoms with E-state index in [-0.39, 0.29) is 11.4 Å². The molecule has 2 aromatic carbocycles. The SMILES string of the molecule is O=c1ccc2cc(S(=O)(=O)NCc3ccc(-n4cccn4)cc3)ccc2o1. The molecule has 1 N–H and O–H groups in total. The number of nitrogens with one attached hydrogen (secondary N) is 1. The van der Waals surface area contributed by atoms with Crippen LogP contribution in [0.3, 0.4) is 0 Å². The zero-order valence-electron chi connectivity index (χ0n) is 14.1. The second-order valence-corrected chi connectivity index (χ2v) is 7.66. The number of sulfonamides is 1. The minimum Gasteiger partial charge on any atom is -0.423 e. The van der Waals surface area contributed by atoms with Crippen molar-refractivity contribution in [2.24, 2.45) is 0 Å². The van der Waals surface area contributed by atoms with Crippen LogP contribution in [-0.4, -0.2) is 18.2 Å². The first-order chi connectivity index (χ1) is 13.0. The standard InChI is InChI=1S/C19H15N3O4S/c23-19-9-4-15-12-17(7-8-18(15)26-19)27(24,25)21-13-14-2-5-16(6-3-14)22-11-1-10-20-22/h1-12,21H,13H2. The largest absolute Gasteiger partial charge is 0.423 e. The third-order valence-corrected chi connectivity index (χ3v) is 5.47. The maximum atomic E-state index is 12.6. The smallest absolute Gasteiger partial charge is 0.336 e. The van der Waals surface area contributed by atoms with Gasteiger partial charge in [0.25, 0.3) is 0 Å². The molecule has 0 saturated heterocycles. The minimum absolute atomic E-state index is 0.108. The van der Waals surface area contributed by atoms with Crippen molar-refractivity contribution in [1.82, 2.24) is 14.5 Å². The maximum Gasteiger partial charge on any atom is 0.336 e. The average Bonchev–Trinajstić information content (AvgIpc) is 3.21. The number of benzene rings is 2. The molecule has 136 valence electrons. The molecule has 0 amide bonds. The lowest BCUT2D eigenvalue weighted by atomic mass is 10.2. The molecule has 8 heteroatoms. The summed E-state index contributed by atoms with van der Waals surface area (Å²) in [5.41, 5.74) is 1.58. The number of nitrogens with zero attached hydrogens (tertiary/aromatic N) is 2. The predicted molar refractivity (Wildman–Crippen MR) is 100 cm³/mol. The molecule has 4 rings (SSSR count). The fourth-order valence-corrected chi connectivity index (χ4v) is 3.72. The lowest BCUT2D eigenvalue weighted by Crippen LogP contribution is -2.23. The first-order valence-corrected chi connectivity index (χ1v) is 9.62. The Bertz CT molecular complexity index is 1240. The summed E-state index contributed by atoms with van der Waals surface area (Å²) in [4.78, 5) is 11.3. The number of rotatable bonds is 5. The molecule has 0 atom stereocenters. The number of fused-ring (bicyclic) bond motifs is 1. The highest BCUT2D eigenvalue weighted by atomic mass is 32.2. The Hall–Kier alpha value is -3.23. The highest BCUT2D eigenvalue weighted by Gasteiger charge is 2.15. The maximum absolute atomic E-state index is 12.6. The van der Waals surface area contributed by atoms with Crippen LogP contribution in [-0.2, 0) is 16.6 Å². The molecule has 0 fully saturated rings. The van der Waals surface area contributed by atoms with Crippen LogP contribution in [0.15, 0.2) is 87.2 Å². The third-order valence-electron chi connectivity index (χ3n) is 4.07. The van der Waals surface area contributed by atoms with E-state index in [4.69, 9.17) is 4.42 Å². The van der Waals surface area contributed by atoms with Gasteiger partial charge >= 0.3 is 5.63 Å². The lowest BCUT2D eigenvalue weighted by molar-refractivity contribution is 0.560. The van der Waals surface area contributed by atoms with Gasteiger partial charge in [-0.2, -0.15) is 5.10 Å². The van der Waals surface area contributed by atoms with E-state index in [0.29, 0.717) is 11.0 Å². The molecule has 0 unspecified atom stereocenters. The molecular formula is C19H15N3O4S. The van der Waals surface area contributed by atoms with E-state index in [2.05, 4.69) is 9.82 Å². The summed E-state index contributed by atoms with van der Waals surface area (Å²) < 4.78 is 34.4. The molecule has 0 aliphatic carbocycles. The van der Waals surface area contributed by atoms with Gasteiger partial charge in [-0.25, -0.2) is 22.6 Å². The second kappa shape index (κ2) is 6.82. The predicted octanol–water partition coefficient (Wildman–Crippen LogP) is 2.46. The Labute approximate surface area is 154 Å². The van der Waals surface area contributed by atoms with Gasteiger partial charge in [-0.3, -0.25) is 0 Å². The Balaban J connectivity index is 1.51. The topological polar surface area (TPSA) is 94.2 Å². The van der Waals surface area contributed by atoms with Crippen molar-refractivity contribution in [2.45, 2.75) is 11.4 Å². The molecule has 0 spiro atoms. The highest BCUT2D eigenvalue weighted by Crippen LogP contribution is 2.18. The van der Waals surface area contributed by atoms with Crippen molar-refractivity contribution in [3.05, 3.63) is 89.0 Å². The van der Waals surface area contributed by atoms with Crippen molar-refractivity contribution in [1.29, 1.82) is 0 Å². The van der Waals surface area contributed by atoms with Crippen molar-refractivity contribution >= 4 is 21.0 Å². The molecule has 0 bridgehead atoms. The summed E-state index contributed by atoms with van der Waals surface area (Å²) >= 11 is 0. The first kappa shape index (κ1) is 17.2. The summed E-state index contributed by atoms with van der Waals surface area (Å²) in [6.45, 7) is 0.156. The first-order valence-electron chi connectivity index (χ1n) is 8.14. The second-order valence-electron chi connectivity index (χ2n) is 5.90. The molecule has 0 aliphatic heterocycles. The van der Waals surface area contributed by atoms with E-state index in [1.165, 1.54) is 30.3 Å². The van der Waals surface area contributed by atoms with Gasteiger partial charge in [0.15, 0.2) is 0 Å². The monoisotopic (exact) mass is 381 g/mol. The molecule has 0 saturated carbocycles. The quantitative estimate of drug-likeness (QED) is 0.536. The molecule has 2 aromatic heterocycles. The Morgan fingerprint density at radius 1 is 1.04 bits per heavy atom. The van der Waals surface area contributed by atoms with Crippen molar-refractivity contribution in [3.63, 3.8) is 0 Å². The molecule has 0 aliphatic rings. The normalized spacial score (nSPS) is 11.7. The van der Waals surface area contributed by atoms with Crippen molar-refractivity contribution in [2.75, 3.05) is 0 Å². The summed E-state index contributed by atoms with van der Waals surface area (Å²) in [7, 11) is -3.70. The van der Waals surface area contributed by atoms with Gasteiger partial charge in [-0.05, 0) is 48.0 Å². The van der Waals surface area contributed by atoms with E-state index in [9.17, 15) is 13.2 Å². The van der Waals surface area contributed by atoms with Crippen LogP contribution in [0.4, 0.5) is 0 Å². The van der Waals surface area contributed by atoms with E-state index in [0.717, 1.165) is 11.3 Å². The van der Waals surface area contributed by atoms with E-state index in [1.54, 1.807) is 10.9 Å². The third kappa shape index (κ3) is 3.67. The van der Waals surface area contributed by atoms with Crippen LogP contribution in [0, 0.1) is 0 Å². The van der Waals surface area contributed by atoms with Gasteiger partial charge in [0.1, 0.15) is 5.58 Å². The Morgan fingerprint density at radius 3 is 2.59 bits per heavy atom.